The molecule has 1 heterocycles. The highest BCUT2D eigenvalue weighted by Gasteiger charge is 2.12. The van der Waals surface area contributed by atoms with Crippen LogP contribution in [0, 0.1) is 6.92 Å². The van der Waals surface area contributed by atoms with Crippen LogP contribution in [0.25, 0.3) is 0 Å². The Hall–Kier alpha value is -2.08. The summed E-state index contributed by atoms with van der Waals surface area (Å²) in [7, 11) is 0. The molecule has 0 saturated heterocycles. The molecule has 2 aromatic rings. The number of ether oxygens (including phenoxy) is 1. The highest BCUT2D eigenvalue weighted by Crippen LogP contribution is 2.23. The number of thiazole rings is 1. The van der Waals surface area contributed by atoms with E-state index in [0.29, 0.717) is 11.4 Å². The number of anilines is 1. The van der Waals surface area contributed by atoms with Gasteiger partial charge in [0.1, 0.15) is 22.9 Å². The molecule has 0 aliphatic heterocycles. The van der Waals surface area contributed by atoms with Gasteiger partial charge < -0.3 is 15.6 Å². The summed E-state index contributed by atoms with van der Waals surface area (Å²) in [5, 5.41) is 11.8. The van der Waals surface area contributed by atoms with Crippen LogP contribution < -0.4 is 10.5 Å². The van der Waals surface area contributed by atoms with Gasteiger partial charge in [-0.05, 0) is 25.1 Å². The summed E-state index contributed by atoms with van der Waals surface area (Å²) in [6, 6.07) is 4.54. The van der Waals surface area contributed by atoms with E-state index < -0.39 is 5.97 Å². The van der Waals surface area contributed by atoms with E-state index in [-0.39, 0.29) is 12.2 Å². The molecule has 0 radical (unpaired) electrons. The number of rotatable bonds is 4. The van der Waals surface area contributed by atoms with Crippen molar-refractivity contribution in [3.63, 3.8) is 0 Å². The molecule has 0 fully saturated rings. The van der Waals surface area contributed by atoms with E-state index in [1.165, 1.54) is 17.4 Å². The Kier molecular flexibility index (Phi) is 3.47. The minimum Gasteiger partial charge on any atom is -0.486 e. The van der Waals surface area contributed by atoms with Crippen LogP contribution in [0.5, 0.6) is 5.75 Å². The van der Waals surface area contributed by atoms with Crippen molar-refractivity contribution in [1.82, 2.24) is 4.98 Å². The summed E-state index contributed by atoms with van der Waals surface area (Å²) in [5.74, 6) is -0.767. The predicted molar refractivity (Wildman–Crippen MR) is 69.0 cm³/mol. The lowest BCUT2D eigenvalue weighted by Crippen LogP contribution is -2.04. The molecule has 0 amide bonds. The maximum absolute atomic E-state index is 11.0. The Labute approximate surface area is 108 Å². The van der Waals surface area contributed by atoms with E-state index >= 15 is 0 Å². The van der Waals surface area contributed by atoms with Crippen LogP contribution in [0.2, 0.25) is 0 Å². The van der Waals surface area contributed by atoms with E-state index in [2.05, 4.69) is 4.98 Å². The number of hydrogen-bond donors (Lipinski definition) is 2. The molecule has 0 unspecified atom stereocenters. The van der Waals surface area contributed by atoms with E-state index in [9.17, 15) is 4.79 Å². The van der Waals surface area contributed by atoms with Gasteiger partial charge in [-0.3, -0.25) is 0 Å². The van der Waals surface area contributed by atoms with Crippen molar-refractivity contribution in [2.45, 2.75) is 13.5 Å². The summed E-state index contributed by atoms with van der Waals surface area (Å²) >= 11 is 1.48. The fourth-order valence-corrected chi connectivity index (χ4v) is 2.13. The maximum Gasteiger partial charge on any atom is 0.339 e. The van der Waals surface area contributed by atoms with Crippen LogP contribution in [0.3, 0.4) is 0 Å². The van der Waals surface area contributed by atoms with Crippen molar-refractivity contribution in [1.29, 1.82) is 0 Å². The molecular weight excluding hydrogens is 252 g/mol. The number of benzene rings is 1. The highest BCUT2D eigenvalue weighted by molar-refractivity contribution is 7.09. The first-order valence-electron chi connectivity index (χ1n) is 5.23. The van der Waals surface area contributed by atoms with Gasteiger partial charge >= 0.3 is 5.97 Å². The van der Waals surface area contributed by atoms with Gasteiger partial charge in [0.05, 0.1) is 0 Å². The van der Waals surface area contributed by atoms with E-state index in [4.69, 9.17) is 15.6 Å². The number of aryl methyl sites for hydroxylation is 1. The monoisotopic (exact) mass is 264 g/mol. The van der Waals surface area contributed by atoms with Gasteiger partial charge in [-0.2, -0.15) is 0 Å². The predicted octanol–water partition coefficient (Wildman–Crippen LogP) is 2.31. The molecule has 6 heteroatoms. The number of aromatic nitrogens is 1. The van der Waals surface area contributed by atoms with Crippen LogP contribution in [0.4, 0.5) is 5.69 Å². The third-order valence-electron chi connectivity index (χ3n) is 2.25. The number of nitrogen functional groups attached to an aromatic ring is 1. The lowest BCUT2D eigenvalue weighted by Gasteiger charge is -2.08. The third kappa shape index (κ3) is 2.78. The van der Waals surface area contributed by atoms with E-state index in [0.717, 1.165) is 10.7 Å². The normalized spacial score (nSPS) is 10.3. The molecule has 1 aromatic heterocycles. The largest absolute Gasteiger partial charge is 0.486 e. The van der Waals surface area contributed by atoms with Crippen molar-refractivity contribution in [3.05, 3.63) is 39.8 Å². The van der Waals surface area contributed by atoms with Crippen LogP contribution in [0.15, 0.2) is 23.6 Å². The Bertz CT molecular complexity index is 580. The summed E-state index contributed by atoms with van der Waals surface area (Å²) in [6.45, 7) is 2.15. The summed E-state index contributed by atoms with van der Waals surface area (Å²) < 4.78 is 5.46. The Morgan fingerprint density at radius 1 is 1.56 bits per heavy atom. The van der Waals surface area contributed by atoms with Crippen LogP contribution in [-0.4, -0.2) is 16.1 Å². The molecule has 1 aromatic carbocycles. The zero-order valence-electron chi connectivity index (χ0n) is 9.71. The number of nitrogens with zero attached hydrogens (tertiary/aromatic N) is 1. The molecular formula is C12H12N2O3S. The minimum atomic E-state index is -1.06. The topological polar surface area (TPSA) is 85.4 Å². The van der Waals surface area contributed by atoms with Gasteiger partial charge in [-0.1, -0.05) is 0 Å². The second-order valence-electron chi connectivity index (χ2n) is 3.73. The molecule has 3 N–H and O–H groups in total. The lowest BCUT2D eigenvalue weighted by molar-refractivity contribution is 0.0692. The highest BCUT2D eigenvalue weighted by atomic mass is 32.1. The summed E-state index contributed by atoms with van der Waals surface area (Å²) in [6.07, 6.45) is 0. The van der Waals surface area contributed by atoms with Crippen LogP contribution in [-0.2, 0) is 6.61 Å². The number of nitrogens with two attached hydrogens (primary N) is 1. The standard InChI is InChI=1S/C12H12N2O3S/c1-7-6-18-11(14-7)5-17-10-3-2-8(13)4-9(10)12(15)16/h2-4,6H,5,13H2,1H3,(H,15,16). The number of hydrogen-bond acceptors (Lipinski definition) is 5. The molecule has 0 spiro atoms. The van der Waals surface area contributed by atoms with Gasteiger partial charge in [-0.15, -0.1) is 11.3 Å². The fraction of sp³-hybridized carbons (Fsp3) is 0.167. The molecule has 0 aliphatic rings. The van der Waals surface area contributed by atoms with E-state index in [1.54, 1.807) is 12.1 Å². The average Bonchev–Trinajstić information content (AvgIpc) is 2.73. The number of aromatic carboxylic acids is 1. The second kappa shape index (κ2) is 5.05. The van der Waals surface area contributed by atoms with Crippen LogP contribution in [0.1, 0.15) is 21.1 Å². The quantitative estimate of drug-likeness (QED) is 0.828. The minimum absolute atomic E-state index is 0.0586. The van der Waals surface area contributed by atoms with Crippen molar-refractivity contribution >= 4 is 23.0 Å². The fourth-order valence-electron chi connectivity index (χ4n) is 1.45. The molecule has 0 bridgehead atoms. The van der Waals surface area contributed by atoms with Crippen molar-refractivity contribution in [2.75, 3.05) is 5.73 Å². The van der Waals surface area contributed by atoms with Gasteiger partial charge in [0, 0.05) is 16.8 Å². The van der Waals surface area contributed by atoms with Gasteiger partial charge in [0.2, 0.25) is 0 Å². The third-order valence-corrected chi connectivity index (χ3v) is 3.19. The molecule has 0 saturated carbocycles. The van der Waals surface area contributed by atoms with Gasteiger partial charge in [0.25, 0.3) is 0 Å². The Morgan fingerprint density at radius 3 is 2.94 bits per heavy atom. The Morgan fingerprint density at radius 2 is 2.33 bits per heavy atom. The lowest BCUT2D eigenvalue weighted by atomic mass is 10.2. The zero-order valence-corrected chi connectivity index (χ0v) is 10.5. The number of carboxylic acids is 1. The molecule has 94 valence electrons. The van der Waals surface area contributed by atoms with Gasteiger partial charge in [0.15, 0.2) is 0 Å². The number of carbonyl (C=O) groups is 1. The zero-order chi connectivity index (χ0) is 13.1. The first-order valence-corrected chi connectivity index (χ1v) is 6.11. The molecule has 5 nitrogen and oxygen atoms in total. The van der Waals surface area contributed by atoms with E-state index in [1.807, 2.05) is 12.3 Å². The molecule has 2 rings (SSSR count). The van der Waals surface area contributed by atoms with Crippen LogP contribution >= 0.6 is 11.3 Å². The average molecular weight is 264 g/mol. The molecule has 0 atom stereocenters. The molecule has 18 heavy (non-hydrogen) atoms. The first kappa shape index (κ1) is 12.4. The Balaban J connectivity index is 2.16. The second-order valence-corrected chi connectivity index (χ2v) is 4.67. The maximum atomic E-state index is 11.0. The van der Waals surface area contributed by atoms with Crippen molar-refractivity contribution in [3.8, 4) is 5.75 Å². The SMILES string of the molecule is Cc1csc(COc2ccc(N)cc2C(=O)O)n1. The number of carboxylic acid groups (broad SMARTS) is 1. The molecule has 0 aliphatic carbocycles. The van der Waals surface area contributed by atoms with Crippen molar-refractivity contribution in [2.24, 2.45) is 0 Å². The smallest absolute Gasteiger partial charge is 0.339 e. The summed E-state index contributed by atoms with van der Waals surface area (Å²) in [4.78, 5) is 15.3. The van der Waals surface area contributed by atoms with Gasteiger partial charge in [-0.25, -0.2) is 9.78 Å². The summed E-state index contributed by atoms with van der Waals surface area (Å²) in [5.41, 5.74) is 6.92. The first-order chi connectivity index (χ1) is 8.56. The van der Waals surface area contributed by atoms with Crippen molar-refractivity contribution < 1.29 is 14.6 Å².